The lowest BCUT2D eigenvalue weighted by atomic mass is 10.1. The molecule has 0 aliphatic carbocycles. The van der Waals surface area contributed by atoms with Gasteiger partial charge in [-0.3, -0.25) is 9.59 Å². The number of carbonyl (C=O) groups is 2. The van der Waals surface area contributed by atoms with Gasteiger partial charge < -0.3 is 18.9 Å². The van der Waals surface area contributed by atoms with Crippen molar-refractivity contribution in [3.63, 3.8) is 0 Å². The van der Waals surface area contributed by atoms with Crippen LogP contribution >= 0.6 is 11.3 Å². The van der Waals surface area contributed by atoms with E-state index in [1.54, 1.807) is 17.0 Å². The van der Waals surface area contributed by atoms with Crippen LogP contribution < -0.4 is 24.6 Å². The topological polar surface area (TPSA) is 85.2 Å². The Labute approximate surface area is 176 Å². The van der Waals surface area contributed by atoms with Crippen LogP contribution in [-0.4, -0.2) is 36.1 Å². The molecule has 0 saturated carbocycles. The third-order valence-electron chi connectivity index (χ3n) is 5.31. The Morgan fingerprint density at radius 1 is 1.17 bits per heavy atom. The third-order valence-corrected chi connectivity index (χ3v) is 6.42. The number of amides is 2. The lowest BCUT2D eigenvalue weighted by Crippen LogP contribution is -2.32. The van der Waals surface area contributed by atoms with E-state index < -0.39 is 5.92 Å². The predicted octanol–water partition coefficient (Wildman–Crippen LogP) is 2.00. The quantitative estimate of drug-likeness (QED) is 0.652. The second kappa shape index (κ2) is 7.49. The summed E-state index contributed by atoms with van der Waals surface area (Å²) in [5, 5.41) is 4.28. The number of nitrogens with zero attached hydrogens (tertiary/aromatic N) is 3. The minimum atomic E-state index is -0.464. The molecular formula is C21H20N4O4S. The Hall–Kier alpha value is -3.33. The SMILES string of the molecule is Cn1c(=NNC(=O)C2CC(=O)N(c3ccc4c(c3)OCCO4)C2)sc2ccccc21. The third kappa shape index (κ3) is 3.30. The molecule has 154 valence electrons. The number of nitrogens with one attached hydrogen (secondary N) is 1. The van der Waals surface area contributed by atoms with Crippen molar-refractivity contribution in [3.8, 4) is 11.5 Å². The summed E-state index contributed by atoms with van der Waals surface area (Å²) in [5.74, 6) is 0.460. The van der Waals surface area contributed by atoms with Gasteiger partial charge in [-0.05, 0) is 24.3 Å². The van der Waals surface area contributed by atoms with E-state index in [4.69, 9.17) is 9.47 Å². The van der Waals surface area contributed by atoms with Gasteiger partial charge in [0, 0.05) is 31.8 Å². The molecule has 9 heteroatoms. The van der Waals surface area contributed by atoms with Crippen LogP contribution in [0.4, 0.5) is 5.69 Å². The fourth-order valence-electron chi connectivity index (χ4n) is 3.72. The molecule has 2 aliphatic rings. The number of hydrogen-bond acceptors (Lipinski definition) is 6. The maximum atomic E-state index is 12.7. The number of hydrogen-bond donors (Lipinski definition) is 1. The summed E-state index contributed by atoms with van der Waals surface area (Å²) in [6, 6.07) is 13.4. The first-order chi connectivity index (χ1) is 14.6. The van der Waals surface area contributed by atoms with E-state index in [-0.39, 0.29) is 18.2 Å². The van der Waals surface area contributed by atoms with Crippen LogP contribution in [0.3, 0.4) is 0 Å². The molecule has 5 rings (SSSR count). The zero-order chi connectivity index (χ0) is 20.7. The van der Waals surface area contributed by atoms with E-state index in [2.05, 4.69) is 10.5 Å². The number of aryl methyl sites for hydroxylation is 1. The van der Waals surface area contributed by atoms with Crippen LogP contribution in [0.5, 0.6) is 11.5 Å². The van der Waals surface area contributed by atoms with Gasteiger partial charge in [-0.2, -0.15) is 0 Å². The zero-order valence-corrected chi connectivity index (χ0v) is 17.1. The molecule has 1 aromatic heterocycles. The highest BCUT2D eigenvalue weighted by Gasteiger charge is 2.35. The Balaban J connectivity index is 1.31. The molecule has 3 aromatic rings. The number of aromatic nitrogens is 1. The minimum absolute atomic E-state index is 0.0979. The molecule has 3 heterocycles. The van der Waals surface area contributed by atoms with Crippen molar-refractivity contribution >= 4 is 39.1 Å². The van der Waals surface area contributed by atoms with Gasteiger partial charge in [0.05, 0.1) is 16.1 Å². The van der Waals surface area contributed by atoms with Crippen LogP contribution in [0, 0.1) is 5.92 Å². The molecule has 8 nitrogen and oxygen atoms in total. The Morgan fingerprint density at radius 2 is 1.97 bits per heavy atom. The molecule has 2 aromatic carbocycles. The minimum Gasteiger partial charge on any atom is -0.486 e. The van der Waals surface area contributed by atoms with Crippen molar-refractivity contribution < 1.29 is 19.1 Å². The van der Waals surface area contributed by atoms with Gasteiger partial charge >= 0.3 is 0 Å². The molecule has 1 N–H and O–H groups in total. The molecule has 2 amide bonds. The molecule has 0 spiro atoms. The van der Waals surface area contributed by atoms with Crippen LogP contribution in [0.25, 0.3) is 10.2 Å². The zero-order valence-electron chi connectivity index (χ0n) is 16.3. The van der Waals surface area contributed by atoms with Crippen LogP contribution in [0.1, 0.15) is 6.42 Å². The molecule has 2 aliphatic heterocycles. The van der Waals surface area contributed by atoms with Gasteiger partial charge in [-0.25, -0.2) is 5.43 Å². The van der Waals surface area contributed by atoms with Crippen LogP contribution in [0.15, 0.2) is 47.6 Å². The number of para-hydroxylation sites is 1. The predicted molar refractivity (Wildman–Crippen MR) is 112 cm³/mol. The number of fused-ring (bicyclic) bond motifs is 2. The summed E-state index contributed by atoms with van der Waals surface area (Å²) in [5.41, 5.74) is 4.39. The normalized spacial score (nSPS) is 18.8. The molecule has 1 unspecified atom stereocenters. The second-order valence-electron chi connectivity index (χ2n) is 7.23. The van der Waals surface area contributed by atoms with Gasteiger partial charge in [0.15, 0.2) is 11.5 Å². The summed E-state index contributed by atoms with van der Waals surface area (Å²) in [6.45, 7) is 1.29. The van der Waals surface area contributed by atoms with Crippen molar-refractivity contribution in [1.82, 2.24) is 9.99 Å². The van der Waals surface area contributed by atoms with E-state index in [0.29, 0.717) is 41.7 Å². The second-order valence-corrected chi connectivity index (χ2v) is 8.24. The maximum absolute atomic E-state index is 12.7. The highest BCUT2D eigenvalue weighted by Crippen LogP contribution is 2.36. The number of thiazole rings is 1. The maximum Gasteiger partial charge on any atom is 0.245 e. The summed E-state index contributed by atoms with van der Waals surface area (Å²) in [6.07, 6.45) is 0.147. The summed E-state index contributed by atoms with van der Waals surface area (Å²) in [4.78, 5) is 27.5. The highest BCUT2D eigenvalue weighted by molar-refractivity contribution is 7.16. The van der Waals surface area contributed by atoms with E-state index in [1.165, 1.54) is 11.3 Å². The van der Waals surface area contributed by atoms with Gasteiger partial charge in [-0.15, -0.1) is 5.10 Å². The fourth-order valence-corrected chi connectivity index (χ4v) is 4.69. The Morgan fingerprint density at radius 3 is 2.80 bits per heavy atom. The first-order valence-electron chi connectivity index (χ1n) is 9.68. The van der Waals surface area contributed by atoms with Gasteiger partial charge in [0.25, 0.3) is 0 Å². The lowest BCUT2D eigenvalue weighted by Gasteiger charge is -2.22. The number of carbonyl (C=O) groups excluding carboxylic acids is 2. The monoisotopic (exact) mass is 424 g/mol. The molecule has 0 bridgehead atoms. The van der Waals surface area contributed by atoms with Crippen molar-refractivity contribution in [2.45, 2.75) is 6.42 Å². The molecule has 1 atom stereocenters. The van der Waals surface area contributed by atoms with Gasteiger partial charge in [0.1, 0.15) is 13.2 Å². The van der Waals surface area contributed by atoms with Crippen molar-refractivity contribution in [2.75, 3.05) is 24.7 Å². The number of rotatable bonds is 3. The summed E-state index contributed by atoms with van der Waals surface area (Å²) >= 11 is 1.50. The average Bonchev–Trinajstić information content (AvgIpc) is 3.32. The van der Waals surface area contributed by atoms with Crippen LogP contribution in [-0.2, 0) is 16.6 Å². The van der Waals surface area contributed by atoms with Crippen molar-refractivity contribution in [2.24, 2.45) is 18.1 Å². The number of ether oxygens (including phenoxy) is 2. The van der Waals surface area contributed by atoms with Crippen LogP contribution in [0.2, 0.25) is 0 Å². The average molecular weight is 424 g/mol. The van der Waals surface area contributed by atoms with E-state index in [1.807, 2.05) is 41.9 Å². The molecule has 0 radical (unpaired) electrons. The number of anilines is 1. The standard InChI is InChI=1S/C21H20N4O4S/c1-24-15-4-2-3-5-18(15)30-21(24)23-22-20(27)13-10-19(26)25(12-13)14-6-7-16-17(11-14)29-9-8-28-16/h2-7,11,13H,8-10,12H2,1H3,(H,22,27). The first-order valence-corrected chi connectivity index (χ1v) is 10.5. The summed E-state index contributed by atoms with van der Waals surface area (Å²) in [7, 11) is 1.91. The summed E-state index contributed by atoms with van der Waals surface area (Å²) < 4.78 is 14.1. The van der Waals surface area contributed by atoms with Crippen molar-refractivity contribution in [1.29, 1.82) is 0 Å². The largest absolute Gasteiger partial charge is 0.486 e. The molecular weight excluding hydrogens is 404 g/mol. The van der Waals surface area contributed by atoms with E-state index >= 15 is 0 Å². The van der Waals surface area contributed by atoms with Crippen molar-refractivity contribution in [3.05, 3.63) is 47.3 Å². The molecule has 1 saturated heterocycles. The van der Waals surface area contributed by atoms with E-state index in [0.717, 1.165) is 10.2 Å². The number of benzene rings is 2. The van der Waals surface area contributed by atoms with Gasteiger partial charge in [-0.1, -0.05) is 23.5 Å². The highest BCUT2D eigenvalue weighted by atomic mass is 32.1. The molecule has 30 heavy (non-hydrogen) atoms. The Kier molecular flexibility index (Phi) is 4.66. The Bertz CT molecular complexity index is 1220. The smallest absolute Gasteiger partial charge is 0.245 e. The van der Waals surface area contributed by atoms with Gasteiger partial charge in [0.2, 0.25) is 16.6 Å². The van der Waals surface area contributed by atoms with E-state index in [9.17, 15) is 9.59 Å². The first kappa shape index (κ1) is 18.7. The molecule has 1 fully saturated rings. The lowest BCUT2D eigenvalue weighted by molar-refractivity contribution is -0.126. The fraction of sp³-hybridized carbons (Fsp3) is 0.286.